The number of aromatic nitrogens is 2. The van der Waals surface area contributed by atoms with E-state index in [1.807, 2.05) is 6.92 Å². The van der Waals surface area contributed by atoms with Crippen LogP contribution in [0.3, 0.4) is 0 Å². The minimum atomic E-state index is 0.474. The lowest BCUT2D eigenvalue weighted by Gasteiger charge is -1.97. The normalized spacial score (nSPS) is 10.8. The monoisotopic (exact) mass is 271 g/mol. The first-order chi connectivity index (χ1) is 8.20. The maximum absolute atomic E-state index is 5.92. The Labute approximate surface area is 109 Å². The van der Waals surface area contributed by atoms with Crippen LogP contribution in [0.2, 0.25) is 10.0 Å². The summed E-state index contributed by atoms with van der Waals surface area (Å²) in [7, 11) is 0. The molecule has 4 nitrogen and oxygen atoms in total. The Morgan fingerprint density at radius 1 is 1.29 bits per heavy atom. The van der Waals surface area contributed by atoms with Crippen molar-refractivity contribution in [1.82, 2.24) is 15.5 Å². The third-order valence-corrected chi connectivity index (χ3v) is 2.91. The largest absolute Gasteiger partial charge is 0.338 e. The predicted molar refractivity (Wildman–Crippen MR) is 67.1 cm³/mol. The van der Waals surface area contributed by atoms with Crippen LogP contribution in [0, 0.1) is 0 Å². The molecule has 0 saturated carbocycles. The number of benzene rings is 1. The zero-order chi connectivity index (χ0) is 12.3. The van der Waals surface area contributed by atoms with E-state index in [0.29, 0.717) is 28.3 Å². The summed E-state index contributed by atoms with van der Waals surface area (Å²) in [6.45, 7) is 3.42. The molecule has 2 aromatic rings. The molecule has 0 aliphatic heterocycles. The topological polar surface area (TPSA) is 51.0 Å². The van der Waals surface area contributed by atoms with Crippen LogP contribution in [0.5, 0.6) is 0 Å². The summed E-state index contributed by atoms with van der Waals surface area (Å²) in [5, 5.41) is 7.97. The molecule has 1 heterocycles. The summed E-state index contributed by atoms with van der Waals surface area (Å²) < 4.78 is 5.09. The maximum atomic E-state index is 5.92. The van der Waals surface area contributed by atoms with E-state index in [-0.39, 0.29) is 0 Å². The lowest BCUT2D eigenvalue weighted by Crippen LogP contribution is -2.11. The van der Waals surface area contributed by atoms with Gasteiger partial charge in [-0.05, 0) is 24.7 Å². The minimum Gasteiger partial charge on any atom is -0.338 e. The van der Waals surface area contributed by atoms with E-state index in [0.717, 1.165) is 12.1 Å². The standard InChI is InChI=1S/C11H11Cl2N3O/c1-2-14-6-10-15-11(16-17-10)7-3-4-8(12)9(13)5-7/h3-5,14H,2,6H2,1H3. The zero-order valence-electron chi connectivity index (χ0n) is 9.20. The fourth-order valence-corrected chi connectivity index (χ4v) is 1.61. The fraction of sp³-hybridized carbons (Fsp3) is 0.273. The number of hydrogen-bond acceptors (Lipinski definition) is 4. The first kappa shape index (κ1) is 12.4. The summed E-state index contributed by atoms with van der Waals surface area (Å²) in [6, 6.07) is 5.22. The average molecular weight is 272 g/mol. The van der Waals surface area contributed by atoms with Crippen LogP contribution in [0.4, 0.5) is 0 Å². The fourth-order valence-electron chi connectivity index (χ4n) is 1.31. The third-order valence-electron chi connectivity index (χ3n) is 2.17. The van der Waals surface area contributed by atoms with Crippen molar-refractivity contribution in [1.29, 1.82) is 0 Å². The van der Waals surface area contributed by atoms with Gasteiger partial charge in [-0.3, -0.25) is 0 Å². The van der Waals surface area contributed by atoms with Crippen LogP contribution >= 0.6 is 23.2 Å². The van der Waals surface area contributed by atoms with Crippen molar-refractivity contribution in [3.63, 3.8) is 0 Å². The van der Waals surface area contributed by atoms with Gasteiger partial charge in [-0.1, -0.05) is 35.3 Å². The molecule has 0 radical (unpaired) electrons. The second kappa shape index (κ2) is 5.49. The lowest BCUT2D eigenvalue weighted by molar-refractivity contribution is 0.369. The molecule has 1 aromatic carbocycles. The Hall–Kier alpha value is -1.10. The molecular formula is C11H11Cl2N3O. The van der Waals surface area contributed by atoms with E-state index in [4.69, 9.17) is 27.7 Å². The van der Waals surface area contributed by atoms with Gasteiger partial charge in [-0.2, -0.15) is 4.98 Å². The van der Waals surface area contributed by atoms with Crippen molar-refractivity contribution in [3.8, 4) is 11.4 Å². The van der Waals surface area contributed by atoms with E-state index in [1.165, 1.54) is 0 Å². The van der Waals surface area contributed by atoms with Gasteiger partial charge in [0.2, 0.25) is 11.7 Å². The van der Waals surface area contributed by atoms with E-state index < -0.39 is 0 Å². The molecule has 17 heavy (non-hydrogen) atoms. The highest BCUT2D eigenvalue weighted by Gasteiger charge is 2.09. The predicted octanol–water partition coefficient (Wildman–Crippen LogP) is 3.15. The van der Waals surface area contributed by atoms with Crippen molar-refractivity contribution in [2.24, 2.45) is 0 Å². The Bertz CT molecular complexity index is 513. The molecule has 0 saturated heterocycles. The lowest BCUT2D eigenvalue weighted by atomic mass is 10.2. The Kier molecular flexibility index (Phi) is 3.99. The summed E-state index contributed by atoms with van der Waals surface area (Å²) in [5.41, 5.74) is 0.783. The maximum Gasteiger partial charge on any atom is 0.240 e. The zero-order valence-corrected chi connectivity index (χ0v) is 10.7. The van der Waals surface area contributed by atoms with Crippen molar-refractivity contribution in [2.75, 3.05) is 6.54 Å². The molecule has 90 valence electrons. The first-order valence-corrected chi connectivity index (χ1v) is 5.95. The quantitative estimate of drug-likeness (QED) is 0.928. The molecule has 1 aromatic heterocycles. The van der Waals surface area contributed by atoms with E-state index in [2.05, 4.69) is 15.5 Å². The van der Waals surface area contributed by atoms with Crippen LogP contribution < -0.4 is 5.32 Å². The van der Waals surface area contributed by atoms with Crippen LogP contribution in [0.25, 0.3) is 11.4 Å². The van der Waals surface area contributed by atoms with E-state index >= 15 is 0 Å². The van der Waals surface area contributed by atoms with Gasteiger partial charge < -0.3 is 9.84 Å². The number of nitrogens with zero attached hydrogens (tertiary/aromatic N) is 2. The van der Waals surface area contributed by atoms with E-state index in [1.54, 1.807) is 18.2 Å². The van der Waals surface area contributed by atoms with Crippen molar-refractivity contribution in [2.45, 2.75) is 13.5 Å². The van der Waals surface area contributed by atoms with Crippen molar-refractivity contribution < 1.29 is 4.52 Å². The van der Waals surface area contributed by atoms with Gasteiger partial charge in [0.1, 0.15) is 0 Å². The van der Waals surface area contributed by atoms with Gasteiger partial charge in [-0.25, -0.2) is 0 Å². The van der Waals surface area contributed by atoms with Gasteiger partial charge in [0.15, 0.2) is 0 Å². The molecular weight excluding hydrogens is 261 g/mol. The first-order valence-electron chi connectivity index (χ1n) is 5.19. The SMILES string of the molecule is CCNCc1nc(-c2ccc(Cl)c(Cl)c2)no1. The Morgan fingerprint density at radius 2 is 2.12 bits per heavy atom. The second-order valence-corrected chi connectivity index (χ2v) is 4.24. The number of halogens is 2. The van der Waals surface area contributed by atoms with Crippen LogP contribution in [0.1, 0.15) is 12.8 Å². The van der Waals surface area contributed by atoms with Crippen LogP contribution in [0.15, 0.2) is 22.7 Å². The molecule has 1 N–H and O–H groups in total. The number of hydrogen-bond donors (Lipinski definition) is 1. The molecule has 2 rings (SSSR count). The highest BCUT2D eigenvalue weighted by atomic mass is 35.5. The van der Waals surface area contributed by atoms with Gasteiger partial charge >= 0.3 is 0 Å². The smallest absolute Gasteiger partial charge is 0.240 e. The summed E-state index contributed by atoms with van der Waals surface area (Å²) >= 11 is 11.8. The second-order valence-electron chi connectivity index (χ2n) is 3.42. The van der Waals surface area contributed by atoms with Gasteiger partial charge in [0.05, 0.1) is 16.6 Å². The molecule has 0 unspecified atom stereocenters. The molecule has 0 atom stereocenters. The van der Waals surface area contributed by atoms with Gasteiger partial charge in [0, 0.05) is 5.56 Å². The molecule has 0 bridgehead atoms. The van der Waals surface area contributed by atoms with Crippen molar-refractivity contribution in [3.05, 3.63) is 34.1 Å². The summed E-state index contributed by atoms with van der Waals surface area (Å²) in [5.74, 6) is 1.06. The molecule has 0 aliphatic carbocycles. The highest BCUT2D eigenvalue weighted by Crippen LogP contribution is 2.26. The minimum absolute atomic E-state index is 0.474. The summed E-state index contributed by atoms with van der Waals surface area (Å²) in [6.07, 6.45) is 0. The summed E-state index contributed by atoms with van der Waals surface area (Å²) in [4.78, 5) is 4.25. The average Bonchev–Trinajstić information content (AvgIpc) is 2.79. The molecule has 0 fully saturated rings. The van der Waals surface area contributed by atoms with E-state index in [9.17, 15) is 0 Å². The Morgan fingerprint density at radius 3 is 2.82 bits per heavy atom. The molecule has 6 heteroatoms. The molecule has 0 spiro atoms. The highest BCUT2D eigenvalue weighted by molar-refractivity contribution is 6.42. The third kappa shape index (κ3) is 2.97. The van der Waals surface area contributed by atoms with Crippen LogP contribution in [-0.2, 0) is 6.54 Å². The molecule has 0 amide bonds. The van der Waals surface area contributed by atoms with Crippen molar-refractivity contribution >= 4 is 23.2 Å². The van der Waals surface area contributed by atoms with Crippen LogP contribution in [-0.4, -0.2) is 16.7 Å². The van der Waals surface area contributed by atoms with Gasteiger partial charge in [0.25, 0.3) is 0 Å². The molecule has 0 aliphatic rings. The number of rotatable bonds is 4. The Balaban J connectivity index is 2.21. The van der Waals surface area contributed by atoms with Gasteiger partial charge in [-0.15, -0.1) is 0 Å². The number of nitrogens with one attached hydrogen (secondary N) is 1.